The maximum absolute atomic E-state index is 12.6. The van der Waals surface area contributed by atoms with Gasteiger partial charge < -0.3 is 10.0 Å². The Bertz CT molecular complexity index is 1070. The average molecular weight is 458 g/mol. The first-order chi connectivity index (χ1) is 16.2. The molecular weight excluding hydrogens is 418 g/mol. The number of rotatable bonds is 4. The molecule has 4 aliphatic rings. The summed E-state index contributed by atoms with van der Waals surface area (Å²) in [6.07, 6.45) is 13.4. The molecule has 180 valence electrons. The maximum atomic E-state index is 12.6. The van der Waals surface area contributed by atoms with Crippen LogP contribution in [0, 0.1) is 46.8 Å². The summed E-state index contributed by atoms with van der Waals surface area (Å²) in [5, 5.41) is 11.5. The van der Waals surface area contributed by atoms with E-state index in [9.17, 15) is 9.90 Å². The zero-order chi connectivity index (χ0) is 24.3. The van der Waals surface area contributed by atoms with Crippen LogP contribution in [0.5, 0.6) is 0 Å². The van der Waals surface area contributed by atoms with Gasteiger partial charge in [0.1, 0.15) is 0 Å². The molecule has 0 spiro atoms. The molecular formula is C31H39NO2. The number of carbonyl (C=O) groups is 1. The molecule has 0 radical (unpaired) electrons. The number of terminal acetylenes is 1. The zero-order valence-corrected chi connectivity index (χ0v) is 21.0. The molecule has 7 atom stereocenters. The predicted octanol–water partition coefficient (Wildman–Crippen LogP) is 5.80. The lowest BCUT2D eigenvalue weighted by molar-refractivity contribution is -0.120. The molecule has 0 unspecified atom stereocenters. The lowest BCUT2D eigenvalue weighted by Gasteiger charge is -2.60. The lowest BCUT2D eigenvalue weighted by Crippen LogP contribution is -2.56. The monoisotopic (exact) mass is 457 g/mol. The van der Waals surface area contributed by atoms with Crippen LogP contribution in [0.1, 0.15) is 59.3 Å². The van der Waals surface area contributed by atoms with E-state index < -0.39 is 5.60 Å². The molecule has 1 N–H and O–H groups in total. The van der Waals surface area contributed by atoms with Crippen LogP contribution in [0.15, 0.2) is 54.1 Å². The number of nitrogens with zero attached hydrogens (tertiary/aromatic N) is 1. The van der Waals surface area contributed by atoms with E-state index >= 15 is 0 Å². The van der Waals surface area contributed by atoms with Crippen LogP contribution in [-0.2, 0) is 4.79 Å². The van der Waals surface area contributed by atoms with Gasteiger partial charge in [0.05, 0.1) is 0 Å². The number of anilines is 1. The lowest BCUT2D eigenvalue weighted by atomic mass is 9.44. The van der Waals surface area contributed by atoms with Crippen molar-refractivity contribution >= 4 is 11.5 Å². The molecule has 4 aliphatic carbocycles. The summed E-state index contributed by atoms with van der Waals surface area (Å²) in [6, 6.07) is 10.6. The van der Waals surface area contributed by atoms with Gasteiger partial charge in [0.15, 0.2) is 11.4 Å². The van der Waals surface area contributed by atoms with Crippen molar-refractivity contribution in [1.82, 2.24) is 0 Å². The van der Waals surface area contributed by atoms with Crippen molar-refractivity contribution in [2.45, 2.75) is 64.9 Å². The number of aliphatic hydroxyl groups is 1. The van der Waals surface area contributed by atoms with E-state index in [4.69, 9.17) is 6.42 Å². The standard InChI is InChI=1S/C31H39NO2/c1-6-31(34)21(3)17-28-25-18-22(20-32(7-2)23-11-9-8-10-12-23)27-19-24(33)13-15-29(27,4)26(25)14-16-30(28,31)5/h1,8-12,19,22,25-26,28,34H,3,7,13-18,20H2,2,4-5H3/t22-,25+,26-,28-,29+,30-,31-/m0/s1. The minimum atomic E-state index is -1.21. The number of hydrogen-bond acceptors (Lipinski definition) is 3. The molecule has 0 bridgehead atoms. The Morgan fingerprint density at radius 3 is 2.62 bits per heavy atom. The summed E-state index contributed by atoms with van der Waals surface area (Å²) in [5.41, 5.74) is 1.95. The quantitative estimate of drug-likeness (QED) is 0.459. The molecule has 3 saturated carbocycles. The van der Waals surface area contributed by atoms with Gasteiger partial charge in [-0.1, -0.05) is 50.1 Å². The summed E-state index contributed by atoms with van der Waals surface area (Å²) < 4.78 is 0. The highest BCUT2D eigenvalue weighted by Gasteiger charge is 2.66. The number of fused-ring (bicyclic) bond motifs is 5. The molecule has 0 saturated heterocycles. The van der Waals surface area contributed by atoms with Crippen LogP contribution in [0.3, 0.4) is 0 Å². The van der Waals surface area contributed by atoms with E-state index in [2.05, 4.69) is 68.5 Å². The fraction of sp³-hybridized carbons (Fsp3) is 0.581. The topological polar surface area (TPSA) is 40.5 Å². The summed E-state index contributed by atoms with van der Waals surface area (Å²) in [5.74, 6) is 4.72. The summed E-state index contributed by atoms with van der Waals surface area (Å²) >= 11 is 0. The van der Waals surface area contributed by atoms with Crippen molar-refractivity contribution < 1.29 is 9.90 Å². The van der Waals surface area contributed by atoms with Gasteiger partial charge in [0.2, 0.25) is 0 Å². The number of para-hydroxylation sites is 1. The molecule has 1 aromatic rings. The first kappa shape index (κ1) is 23.4. The van der Waals surface area contributed by atoms with Crippen molar-refractivity contribution in [1.29, 1.82) is 0 Å². The summed E-state index contributed by atoms with van der Waals surface area (Å²) in [6.45, 7) is 13.0. The van der Waals surface area contributed by atoms with Crippen LogP contribution < -0.4 is 4.90 Å². The van der Waals surface area contributed by atoms with Gasteiger partial charge in [-0.05, 0) is 91.9 Å². The second kappa shape index (κ2) is 8.13. The van der Waals surface area contributed by atoms with Crippen LogP contribution in [0.25, 0.3) is 0 Å². The summed E-state index contributed by atoms with van der Waals surface area (Å²) in [7, 11) is 0. The Hall–Kier alpha value is -2.31. The molecule has 3 heteroatoms. The number of carbonyl (C=O) groups excluding carboxylic acids is 1. The molecule has 0 aromatic heterocycles. The SMILES string of the molecule is C#C[C@]1(O)C(=C)C[C@H]2[C@@H]3C[C@@H](CN(CC)c4ccccc4)C4=CC(=O)CC[C@]4(C)[C@H]3CC[C@@]21C. The Morgan fingerprint density at radius 1 is 1.21 bits per heavy atom. The van der Waals surface area contributed by atoms with Gasteiger partial charge in [0, 0.05) is 30.6 Å². The van der Waals surface area contributed by atoms with E-state index in [1.54, 1.807) is 0 Å². The molecule has 0 aliphatic heterocycles. The second-order valence-electron chi connectivity index (χ2n) is 11.8. The highest BCUT2D eigenvalue weighted by atomic mass is 16.3. The fourth-order valence-electron chi connectivity index (χ4n) is 8.51. The van der Waals surface area contributed by atoms with Gasteiger partial charge in [-0.15, -0.1) is 6.42 Å². The first-order valence-corrected chi connectivity index (χ1v) is 13.1. The van der Waals surface area contributed by atoms with Crippen LogP contribution in [0.2, 0.25) is 0 Å². The fourth-order valence-corrected chi connectivity index (χ4v) is 8.51. The van der Waals surface area contributed by atoms with Gasteiger partial charge in [0.25, 0.3) is 0 Å². The molecule has 3 nitrogen and oxygen atoms in total. The Morgan fingerprint density at radius 2 is 1.94 bits per heavy atom. The minimum absolute atomic E-state index is 0.0388. The van der Waals surface area contributed by atoms with Gasteiger partial charge in [-0.3, -0.25) is 4.79 Å². The molecule has 34 heavy (non-hydrogen) atoms. The van der Waals surface area contributed by atoms with E-state index in [0.29, 0.717) is 30.1 Å². The third kappa shape index (κ3) is 3.18. The minimum Gasteiger partial charge on any atom is -0.373 e. The molecule has 3 fully saturated rings. The van der Waals surface area contributed by atoms with Crippen LogP contribution >= 0.6 is 0 Å². The van der Waals surface area contributed by atoms with Gasteiger partial charge >= 0.3 is 0 Å². The zero-order valence-electron chi connectivity index (χ0n) is 21.0. The van der Waals surface area contributed by atoms with E-state index in [0.717, 1.165) is 50.8 Å². The van der Waals surface area contributed by atoms with Crippen molar-refractivity contribution in [2.75, 3.05) is 18.0 Å². The Balaban J connectivity index is 1.54. The van der Waals surface area contributed by atoms with E-state index in [1.807, 2.05) is 6.08 Å². The molecule has 1 aromatic carbocycles. The maximum Gasteiger partial charge on any atom is 0.155 e. The molecule has 0 heterocycles. The summed E-state index contributed by atoms with van der Waals surface area (Å²) in [4.78, 5) is 15.1. The second-order valence-corrected chi connectivity index (χ2v) is 11.8. The van der Waals surface area contributed by atoms with Crippen molar-refractivity contribution in [3.63, 3.8) is 0 Å². The van der Waals surface area contributed by atoms with Crippen molar-refractivity contribution in [3.05, 3.63) is 54.1 Å². The number of ketones is 1. The smallest absolute Gasteiger partial charge is 0.155 e. The van der Waals surface area contributed by atoms with Gasteiger partial charge in [-0.2, -0.15) is 0 Å². The molecule has 5 rings (SSSR count). The van der Waals surface area contributed by atoms with Crippen molar-refractivity contribution in [3.8, 4) is 12.3 Å². The number of benzene rings is 1. The van der Waals surface area contributed by atoms with Crippen molar-refractivity contribution in [2.24, 2.45) is 34.5 Å². The highest BCUT2D eigenvalue weighted by Crippen LogP contribution is 2.69. The van der Waals surface area contributed by atoms with Crippen LogP contribution in [-0.4, -0.2) is 29.6 Å². The third-order valence-corrected chi connectivity index (χ3v) is 10.5. The van der Waals surface area contributed by atoms with Gasteiger partial charge in [-0.25, -0.2) is 0 Å². The normalized spacial score (nSPS) is 41.1. The predicted molar refractivity (Wildman–Crippen MR) is 138 cm³/mol. The third-order valence-electron chi connectivity index (χ3n) is 10.5. The van der Waals surface area contributed by atoms with Crippen LogP contribution in [0.4, 0.5) is 5.69 Å². The number of hydrogen-bond donors (Lipinski definition) is 1. The Kier molecular flexibility index (Phi) is 5.60. The van der Waals surface area contributed by atoms with E-state index in [-0.39, 0.29) is 16.6 Å². The average Bonchev–Trinajstić information content (AvgIpc) is 3.05. The largest absolute Gasteiger partial charge is 0.373 e. The van der Waals surface area contributed by atoms with E-state index in [1.165, 1.54) is 11.3 Å². The highest BCUT2D eigenvalue weighted by molar-refractivity contribution is 5.91. The molecule has 0 amide bonds. The Labute approximate surface area is 205 Å². The first-order valence-electron chi connectivity index (χ1n) is 13.1.